The first-order valence-corrected chi connectivity index (χ1v) is 7.52. The van der Waals surface area contributed by atoms with Crippen LogP contribution in [0.5, 0.6) is 5.75 Å². The fourth-order valence-corrected chi connectivity index (χ4v) is 2.47. The average molecular weight is 289 g/mol. The molecule has 106 valence electrons. The van der Waals surface area contributed by atoms with Gasteiger partial charge in [-0.15, -0.1) is 11.6 Å². The summed E-state index contributed by atoms with van der Waals surface area (Å²) in [7, 11) is 1.68. The molecule has 0 aliphatic heterocycles. The summed E-state index contributed by atoms with van der Waals surface area (Å²) in [4.78, 5) is 0. The third kappa shape index (κ3) is 4.01. The minimum atomic E-state index is 0.0722. The van der Waals surface area contributed by atoms with Crippen LogP contribution in [0.25, 0.3) is 0 Å². The second-order valence-corrected chi connectivity index (χ2v) is 5.48. The fraction of sp³-hybridized carbons (Fsp3) is 0.333. The molecule has 0 saturated carbocycles. The maximum Gasteiger partial charge on any atom is 0.118 e. The summed E-state index contributed by atoms with van der Waals surface area (Å²) >= 11 is 6.49. The summed E-state index contributed by atoms with van der Waals surface area (Å²) in [6.07, 6.45) is 2.99. The van der Waals surface area contributed by atoms with E-state index < -0.39 is 0 Å². The maximum absolute atomic E-state index is 6.49. The van der Waals surface area contributed by atoms with E-state index in [0.29, 0.717) is 0 Å². The number of benzene rings is 2. The van der Waals surface area contributed by atoms with Gasteiger partial charge in [-0.05, 0) is 48.1 Å². The van der Waals surface area contributed by atoms with Crippen molar-refractivity contribution in [3.8, 4) is 5.75 Å². The van der Waals surface area contributed by atoms with Gasteiger partial charge in [-0.25, -0.2) is 0 Å². The number of halogens is 1. The fourth-order valence-electron chi connectivity index (χ4n) is 2.21. The zero-order valence-electron chi connectivity index (χ0n) is 12.1. The largest absolute Gasteiger partial charge is 0.497 e. The topological polar surface area (TPSA) is 9.23 Å². The highest BCUT2D eigenvalue weighted by Crippen LogP contribution is 2.26. The minimum Gasteiger partial charge on any atom is -0.497 e. The second-order valence-electron chi connectivity index (χ2n) is 4.95. The predicted molar refractivity (Wildman–Crippen MR) is 85.7 cm³/mol. The highest BCUT2D eigenvalue weighted by molar-refractivity contribution is 6.20. The van der Waals surface area contributed by atoms with Crippen molar-refractivity contribution in [1.82, 2.24) is 0 Å². The van der Waals surface area contributed by atoms with E-state index in [0.717, 1.165) is 25.0 Å². The lowest BCUT2D eigenvalue weighted by molar-refractivity contribution is 0.414. The van der Waals surface area contributed by atoms with Gasteiger partial charge in [0, 0.05) is 0 Å². The standard InChI is InChI=1S/C18H21ClO/c1-3-14-4-9-16(10-5-14)18(19)13-8-15-6-11-17(20-2)12-7-15/h4-7,9-12,18H,3,8,13H2,1-2H3. The smallest absolute Gasteiger partial charge is 0.118 e. The summed E-state index contributed by atoms with van der Waals surface area (Å²) in [6.45, 7) is 2.16. The van der Waals surface area contributed by atoms with E-state index >= 15 is 0 Å². The van der Waals surface area contributed by atoms with Gasteiger partial charge in [-0.3, -0.25) is 0 Å². The molecule has 2 rings (SSSR count). The summed E-state index contributed by atoms with van der Waals surface area (Å²) in [6, 6.07) is 16.8. The van der Waals surface area contributed by atoms with Gasteiger partial charge in [0.05, 0.1) is 12.5 Å². The van der Waals surface area contributed by atoms with E-state index in [9.17, 15) is 0 Å². The first kappa shape index (κ1) is 14.9. The Bertz CT molecular complexity index is 516. The molecule has 1 atom stereocenters. The highest BCUT2D eigenvalue weighted by atomic mass is 35.5. The molecule has 0 radical (unpaired) electrons. The van der Waals surface area contributed by atoms with Gasteiger partial charge >= 0.3 is 0 Å². The molecule has 2 heteroatoms. The number of hydrogen-bond acceptors (Lipinski definition) is 1. The normalized spacial score (nSPS) is 12.2. The van der Waals surface area contributed by atoms with E-state index in [1.54, 1.807) is 7.11 Å². The van der Waals surface area contributed by atoms with E-state index in [1.165, 1.54) is 16.7 Å². The Morgan fingerprint density at radius 2 is 1.55 bits per heavy atom. The first-order valence-electron chi connectivity index (χ1n) is 7.08. The van der Waals surface area contributed by atoms with E-state index in [2.05, 4.69) is 43.3 Å². The third-order valence-corrected chi connectivity index (χ3v) is 4.07. The van der Waals surface area contributed by atoms with Crippen molar-refractivity contribution < 1.29 is 4.74 Å². The second kappa shape index (κ2) is 7.35. The molecule has 20 heavy (non-hydrogen) atoms. The molecule has 2 aromatic carbocycles. The van der Waals surface area contributed by atoms with Gasteiger partial charge in [-0.2, -0.15) is 0 Å². The minimum absolute atomic E-state index is 0.0722. The molecule has 1 nitrogen and oxygen atoms in total. The van der Waals surface area contributed by atoms with Crippen LogP contribution in [0.1, 0.15) is 35.4 Å². The number of alkyl halides is 1. The summed E-state index contributed by atoms with van der Waals surface area (Å²) in [5, 5.41) is 0.0722. The van der Waals surface area contributed by atoms with Crippen LogP contribution >= 0.6 is 11.6 Å². The van der Waals surface area contributed by atoms with Gasteiger partial charge < -0.3 is 4.74 Å². The Morgan fingerprint density at radius 3 is 2.10 bits per heavy atom. The number of aryl methyl sites for hydroxylation is 2. The van der Waals surface area contributed by atoms with Crippen LogP contribution < -0.4 is 4.74 Å². The molecule has 0 aromatic heterocycles. The Labute approximate surface area is 126 Å². The SMILES string of the molecule is CCc1ccc(C(Cl)CCc2ccc(OC)cc2)cc1. The summed E-state index contributed by atoms with van der Waals surface area (Å²) in [5.74, 6) is 0.895. The molecule has 0 spiro atoms. The van der Waals surface area contributed by atoms with Crippen LogP contribution in [0, 0.1) is 0 Å². The van der Waals surface area contributed by atoms with E-state index in [4.69, 9.17) is 16.3 Å². The Balaban J connectivity index is 1.91. The van der Waals surface area contributed by atoms with Crippen molar-refractivity contribution in [2.75, 3.05) is 7.11 Å². The molecule has 2 aromatic rings. The average Bonchev–Trinajstić information content (AvgIpc) is 2.53. The molecular weight excluding hydrogens is 268 g/mol. The zero-order valence-corrected chi connectivity index (χ0v) is 12.9. The number of ether oxygens (including phenoxy) is 1. The van der Waals surface area contributed by atoms with Crippen LogP contribution in [-0.4, -0.2) is 7.11 Å². The lowest BCUT2D eigenvalue weighted by Crippen LogP contribution is -1.95. The van der Waals surface area contributed by atoms with Crippen LogP contribution in [0.2, 0.25) is 0 Å². The molecule has 0 fully saturated rings. The molecule has 0 aliphatic rings. The van der Waals surface area contributed by atoms with Crippen molar-refractivity contribution in [1.29, 1.82) is 0 Å². The lowest BCUT2D eigenvalue weighted by Gasteiger charge is -2.11. The van der Waals surface area contributed by atoms with Gasteiger partial charge in [-0.1, -0.05) is 43.3 Å². The van der Waals surface area contributed by atoms with Crippen molar-refractivity contribution in [2.24, 2.45) is 0 Å². The van der Waals surface area contributed by atoms with Crippen LogP contribution in [0.4, 0.5) is 0 Å². The maximum atomic E-state index is 6.49. The molecule has 0 amide bonds. The van der Waals surface area contributed by atoms with Crippen LogP contribution in [0.3, 0.4) is 0 Å². The monoisotopic (exact) mass is 288 g/mol. The predicted octanol–water partition coefficient (Wildman–Crippen LogP) is 5.17. The van der Waals surface area contributed by atoms with Gasteiger partial charge in [0.25, 0.3) is 0 Å². The van der Waals surface area contributed by atoms with Gasteiger partial charge in [0.2, 0.25) is 0 Å². The molecule has 1 unspecified atom stereocenters. The Kier molecular flexibility index (Phi) is 5.49. The van der Waals surface area contributed by atoms with Crippen molar-refractivity contribution in [2.45, 2.75) is 31.6 Å². The van der Waals surface area contributed by atoms with Gasteiger partial charge in [0.1, 0.15) is 5.75 Å². The molecular formula is C18H21ClO. The Morgan fingerprint density at radius 1 is 0.950 bits per heavy atom. The van der Waals surface area contributed by atoms with E-state index in [1.807, 2.05) is 12.1 Å². The molecule has 0 heterocycles. The zero-order chi connectivity index (χ0) is 14.4. The number of methoxy groups -OCH3 is 1. The van der Waals surface area contributed by atoms with Crippen LogP contribution in [0.15, 0.2) is 48.5 Å². The van der Waals surface area contributed by atoms with Crippen molar-refractivity contribution in [3.63, 3.8) is 0 Å². The van der Waals surface area contributed by atoms with Crippen molar-refractivity contribution in [3.05, 3.63) is 65.2 Å². The summed E-state index contributed by atoms with van der Waals surface area (Å²) in [5.41, 5.74) is 3.85. The molecule has 0 N–H and O–H groups in total. The Hall–Kier alpha value is -1.47. The highest BCUT2D eigenvalue weighted by Gasteiger charge is 2.08. The lowest BCUT2D eigenvalue weighted by atomic mass is 10.0. The molecule has 0 aliphatic carbocycles. The van der Waals surface area contributed by atoms with Gasteiger partial charge in [0.15, 0.2) is 0 Å². The van der Waals surface area contributed by atoms with Crippen molar-refractivity contribution >= 4 is 11.6 Å². The quantitative estimate of drug-likeness (QED) is 0.666. The van der Waals surface area contributed by atoms with E-state index in [-0.39, 0.29) is 5.38 Å². The number of hydrogen-bond donors (Lipinski definition) is 0. The van der Waals surface area contributed by atoms with Crippen LogP contribution in [-0.2, 0) is 12.8 Å². The third-order valence-electron chi connectivity index (χ3n) is 3.60. The first-order chi connectivity index (χ1) is 9.72. The molecule has 0 saturated heterocycles. The summed E-state index contributed by atoms with van der Waals surface area (Å²) < 4.78 is 5.16. The number of rotatable bonds is 6. The molecule has 0 bridgehead atoms.